The summed E-state index contributed by atoms with van der Waals surface area (Å²) in [7, 11) is 1.82. The molecule has 0 amide bonds. The van der Waals surface area contributed by atoms with Gasteiger partial charge in [-0.15, -0.1) is 29.9 Å². The maximum atomic E-state index is 3.84. The van der Waals surface area contributed by atoms with E-state index in [2.05, 4.69) is 15.5 Å². The topological polar surface area (TPSA) is 37.8 Å². The Labute approximate surface area is 78.4 Å². The minimum atomic E-state index is 0. The first-order chi connectivity index (χ1) is 4.33. The zero-order chi connectivity index (χ0) is 6.69. The summed E-state index contributed by atoms with van der Waals surface area (Å²) in [5, 5.41) is 10.6. The Hall–Kier alpha value is -0.540. The molecule has 1 rings (SSSR count). The maximum Gasteiger partial charge on any atom is 0.148 e. The number of halogens is 2. The molecule has 0 aliphatic carbocycles. The van der Waals surface area contributed by atoms with E-state index in [9.17, 15) is 0 Å². The molecule has 0 radical (unpaired) electrons. The van der Waals surface area contributed by atoms with Gasteiger partial charge in [-0.1, -0.05) is 0 Å². The molecule has 11 heavy (non-hydrogen) atoms. The molecule has 1 aromatic heterocycles. The van der Waals surface area contributed by atoms with Crippen LogP contribution in [0.25, 0.3) is 0 Å². The summed E-state index contributed by atoms with van der Waals surface area (Å²) in [5.41, 5.74) is 0.939. The van der Waals surface area contributed by atoms with Crippen molar-refractivity contribution in [1.29, 1.82) is 0 Å². The van der Waals surface area contributed by atoms with Gasteiger partial charge >= 0.3 is 0 Å². The van der Waals surface area contributed by atoms with Gasteiger partial charge in [0.25, 0.3) is 0 Å². The lowest BCUT2D eigenvalue weighted by Gasteiger charge is -1.94. The predicted octanol–water partition coefficient (Wildman–Crippen LogP) is 1.67. The number of hydrogen-bond donors (Lipinski definition) is 1. The molecule has 0 aromatic carbocycles. The third kappa shape index (κ3) is 4.01. The Morgan fingerprint density at radius 1 is 1.18 bits per heavy atom. The Bertz CT molecular complexity index is 188. The van der Waals surface area contributed by atoms with Gasteiger partial charge in [-0.2, -0.15) is 5.10 Å². The normalized spacial score (nSPS) is 7.45. The average Bonchev–Trinajstić information content (AvgIpc) is 1.90. The molecular weight excluding hydrogens is 185 g/mol. The fourth-order valence-electron chi connectivity index (χ4n) is 0.532. The molecule has 0 saturated heterocycles. The molecule has 0 unspecified atom stereocenters. The summed E-state index contributed by atoms with van der Waals surface area (Å²) in [6.45, 7) is 1.91. The number of nitrogens with one attached hydrogen (secondary N) is 1. The molecule has 1 aromatic rings. The van der Waals surface area contributed by atoms with Crippen molar-refractivity contribution in [2.24, 2.45) is 0 Å². The molecule has 3 nitrogen and oxygen atoms in total. The molecular formula is C6H11Cl2N3. The van der Waals surface area contributed by atoms with Crippen LogP contribution in [0.3, 0.4) is 0 Å². The first-order valence-corrected chi connectivity index (χ1v) is 2.81. The van der Waals surface area contributed by atoms with Crippen LogP contribution < -0.4 is 5.32 Å². The van der Waals surface area contributed by atoms with Crippen molar-refractivity contribution in [2.75, 3.05) is 12.4 Å². The highest BCUT2D eigenvalue weighted by atomic mass is 35.5. The van der Waals surface area contributed by atoms with Crippen LogP contribution in [0.15, 0.2) is 12.1 Å². The van der Waals surface area contributed by atoms with E-state index in [0.29, 0.717) is 0 Å². The summed E-state index contributed by atoms with van der Waals surface area (Å²) in [6.07, 6.45) is 0. The van der Waals surface area contributed by atoms with Crippen molar-refractivity contribution in [1.82, 2.24) is 10.2 Å². The van der Waals surface area contributed by atoms with Crippen LogP contribution in [0, 0.1) is 6.92 Å². The van der Waals surface area contributed by atoms with Crippen LogP contribution in [0.2, 0.25) is 0 Å². The van der Waals surface area contributed by atoms with Gasteiger partial charge in [0, 0.05) is 7.05 Å². The van der Waals surface area contributed by atoms with E-state index in [-0.39, 0.29) is 24.8 Å². The van der Waals surface area contributed by atoms with E-state index in [1.807, 2.05) is 26.1 Å². The molecule has 0 atom stereocenters. The van der Waals surface area contributed by atoms with Crippen molar-refractivity contribution in [2.45, 2.75) is 6.92 Å². The third-order valence-electron chi connectivity index (χ3n) is 1.05. The fourth-order valence-corrected chi connectivity index (χ4v) is 0.532. The zero-order valence-corrected chi connectivity index (χ0v) is 8.00. The number of anilines is 1. The second-order valence-electron chi connectivity index (χ2n) is 1.81. The standard InChI is InChI=1S/C6H9N3.2ClH/c1-5-3-4-6(7-2)9-8-5;;/h3-4H,1-2H3,(H,7,9);2*1H. The van der Waals surface area contributed by atoms with Crippen LogP contribution in [-0.4, -0.2) is 17.2 Å². The SMILES string of the molecule is CNc1ccc(C)nn1.Cl.Cl. The van der Waals surface area contributed by atoms with Crippen LogP contribution in [0.5, 0.6) is 0 Å². The van der Waals surface area contributed by atoms with Gasteiger partial charge < -0.3 is 5.32 Å². The van der Waals surface area contributed by atoms with E-state index in [1.165, 1.54) is 0 Å². The summed E-state index contributed by atoms with van der Waals surface area (Å²) in [6, 6.07) is 3.81. The Morgan fingerprint density at radius 3 is 2.18 bits per heavy atom. The molecule has 0 aliphatic heterocycles. The number of aromatic nitrogens is 2. The van der Waals surface area contributed by atoms with Gasteiger partial charge in [0.05, 0.1) is 5.69 Å². The van der Waals surface area contributed by atoms with Gasteiger partial charge in [-0.3, -0.25) is 0 Å². The summed E-state index contributed by atoms with van der Waals surface area (Å²) < 4.78 is 0. The van der Waals surface area contributed by atoms with E-state index >= 15 is 0 Å². The first-order valence-electron chi connectivity index (χ1n) is 2.81. The zero-order valence-electron chi connectivity index (χ0n) is 6.37. The lowest BCUT2D eigenvalue weighted by atomic mass is 10.4. The number of nitrogens with zero attached hydrogens (tertiary/aromatic N) is 2. The monoisotopic (exact) mass is 195 g/mol. The van der Waals surface area contributed by atoms with Gasteiger partial charge in [-0.25, -0.2) is 0 Å². The molecule has 0 spiro atoms. The van der Waals surface area contributed by atoms with Crippen molar-refractivity contribution in [3.05, 3.63) is 17.8 Å². The molecule has 0 bridgehead atoms. The molecule has 5 heteroatoms. The Kier molecular flexibility index (Phi) is 7.36. The largest absolute Gasteiger partial charge is 0.372 e. The smallest absolute Gasteiger partial charge is 0.148 e. The lowest BCUT2D eigenvalue weighted by molar-refractivity contribution is 0.982. The predicted molar refractivity (Wildman–Crippen MR) is 50.8 cm³/mol. The number of rotatable bonds is 1. The number of hydrogen-bond acceptors (Lipinski definition) is 3. The number of aryl methyl sites for hydroxylation is 1. The van der Waals surface area contributed by atoms with E-state index < -0.39 is 0 Å². The van der Waals surface area contributed by atoms with Gasteiger partial charge in [0.2, 0.25) is 0 Å². The second kappa shape index (κ2) is 6.19. The van der Waals surface area contributed by atoms with E-state index in [0.717, 1.165) is 11.5 Å². The van der Waals surface area contributed by atoms with Gasteiger partial charge in [-0.05, 0) is 19.1 Å². The van der Waals surface area contributed by atoms with E-state index in [4.69, 9.17) is 0 Å². The summed E-state index contributed by atoms with van der Waals surface area (Å²) in [4.78, 5) is 0. The summed E-state index contributed by atoms with van der Waals surface area (Å²) in [5.74, 6) is 0.806. The molecule has 0 saturated carbocycles. The quantitative estimate of drug-likeness (QED) is 0.742. The average molecular weight is 196 g/mol. The van der Waals surface area contributed by atoms with Crippen molar-refractivity contribution < 1.29 is 0 Å². The molecule has 1 heterocycles. The lowest BCUT2D eigenvalue weighted by Crippen LogP contribution is -1.94. The minimum absolute atomic E-state index is 0. The molecule has 64 valence electrons. The second-order valence-corrected chi connectivity index (χ2v) is 1.81. The van der Waals surface area contributed by atoms with Gasteiger partial charge in [0.1, 0.15) is 5.82 Å². The maximum absolute atomic E-state index is 3.84. The van der Waals surface area contributed by atoms with E-state index in [1.54, 1.807) is 0 Å². The Morgan fingerprint density at radius 2 is 1.82 bits per heavy atom. The van der Waals surface area contributed by atoms with Crippen LogP contribution >= 0.6 is 24.8 Å². The van der Waals surface area contributed by atoms with Crippen molar-refractivity contribution in [3.63, 3.8) is 0 Å². The molecule has 0 fully saturated rings. The highest BCUT2D eigenvalue weighted by Gasteiger charge is 1.86. The van der Waals surface area contributed by atoms with Gasteiger partial charge in [0.15, 0.2) is 0 Å². The Balaban J connectivity index is 0. The summed E-state index contributed by atoms with van der Waals surface area (Å²) >= 11 is 0. The highest BCUT2D eigenvalue weighted by Crippen LogP contribution is 1.97. The highest BCUT2D eigenvalue weighted by molar-refractivity contribution is 5.85. The van der Waals surface area contributed by atoms with Crippen molar-refractivity contribution >= 4 is 30.6 Å². The van der Waals surface area contributed by atoms with Crippen LogP contribution in [0.1, 0.15) is 5.69 Å². The first kappa shape index (κ1) is 13.1. The van der Waals surface area contributed by atoms with Crippen LogP contribution in [-0.2, 0) is 0 Å². The van der Waals surface area contributed by atoms with Crippen LogP contribution in [0.4, 0.5) is 5.82 Å². The fraction of sp³-hybridized carbons (Fsp3) is 0.333. The molecule has 1 N–H and O–H groups in total. The van der Waals surface area contributed by atoms with Crippen molar-refractivity contribution in [3.8, 4) is 0 Å². The molecule has 0 aliphatic rings. The minimum Gasteiger partial charge on any atom is -0.372 e. The third-order valence-corrected chi connectivity index (χ3v) is 1.05.